The Kier molecular flexibility index (Phi) is 5.13. The molecule has 2 aromatic heterocycles. The highest BCUT2D eigenvalue weighted by Crippen LogP contribution is 2.38. The maximum atomic E-state index is 12.6. The molecule has 5 nitrogen and oxygen atoms in total. The summed E-state index contributed by atoms with van der Waals surface area (Å²) in [6.45, 7) is 4.50. The van der Waals surface area contributed by atoms with Gasteiger partial charge in [0.05, 0.1) is 24.4 Å². The molecule has 0 saturated heterocycles. The summed E-state index contributed by atoms with van der Waals surface area (Å²) in [4.78, 5) is 17.1. The van der Waals surface area contributed by atoms with Crippen LogP contribution < -0.4 is 14.8 Å². The van der Waals surface area contributed by atoms with E-state index in [-0.39, 0.29) is 18.4 Å². The zero-order chi connectivity index (χ0) is 18.8. The standard InChI is InChI=1S/C20H20N2O3S2/c1-3-24-18-7-14-6-12(2)25-17(14)9-16(18)22-19(23)8-15-11-27-20(21-15)13-4-5-26-10-13/h4-5,7,9-12H,3,6,8H2,1-2H3,(H,22,23)/t12-/m0/s1. The summed E-state index contributed by atoms with van der Waals surface area (Å²) in [5.41, 5.74) is 3.62. The van der Waals surface area contributed by atoms with E-state index < -0.39 is 0 Å². The summed E-state index contributed by atoms with van der Waals surface area (Å²) in [6.07, 6.45) is 1.22. The number of carbonyl (C=O) groups is 1. The number of hydrogen-bond acceptors (Lipinski definition) is 6. The molecule has 3 heterocycles. The highest BCUT2D eigenvalue weighted by molar-refractivity contribution is 7.14. The lowest BCUT2D eigenvalue weighted by atomic mass is 10.1. The van der Waals surface area contributed by atoms with E-state index in [2.05, 4.69) is 15.7 Å². The summed E-state index contributed by atoms with van der Waals surface area (Å²) in [6, 6.07) is 5.86. The van der Waals surface area contributed by atoms with Gasteiger partial charge in [-0.3, -0.25) is 4.79 Å². The molecule has 1 aromatic carbocycles. The van der Waals surface area contributed by atoms with E-state index in [1.54, 1.807) is 22.7 Å². The minimum Gasteiger partial charge on any atom is -0.492 e. The second kappa shape index (κ2) is 7.70. The number of thiazole rings is 1. The van der Waals surface area contributed by atoms with E-state index in [0.717, 1.165) is 34.0 Å². The molecule has 0 saturated carbocycles. The van der Waals surface area contributed by atoms with Gasteiger partial charge in [-0.05, 0) is 31.4 Å². The van der Waals surface area contributed by atoms with E-state index in [4.69, 9.17) is 9.47 Å². The molecule has 0 radical (unpaired) electrons. The Morgan fingerprint density at radius 2 is 2.30 bits per heavy atom. The molecule has 1 N–H and O–H groups in total. The van der Waals surface area contributed by atoms with Crippen LogP contribution in [0.3, 0.4) is 0 Å². The number of benzene rings is 1. The van der Waals surface area contributed by atoms with Crippen molar-refractivity contribution in [3.05, 3.63) is 45.6 Å². The number of fused-ring (bicyclic) bond motifs is 1. The number of hydrogen-bond donors (Lipinski definition) is 1. The molecule has 3 aromatic rings. The normalized spacial score (nSPS) is 15.3. The van der Waals surface area contributed by atoms with Gasteiger partial charge in [-0.2, -0.15) is 11.3 Å². The van der Waals surface area contributed by atoms with Gasteiger partial charge >= 0.3 is 0 Å². The fourth-order valence-corrected chi connectivity index (χ4v) is 4.61. The summed E-state index contributed by atoms with van der Waals surface area (Å²) < 4.78 is 11.5. The van der Waals surface area contributed by atoms with Crippen molar-refractivity contribution in [2.75, 3.05) is 11.9 Å². The average molecular weight is 401 g/mol. The van der Waals surface area contributed by atoms with Crippen molar-refractivity contribution in [2.45, 2.75) is 32.8 Å². The number of rotatable bonds is 6. The highest BCUT2D eigenvalue weighted by Gasteiger charge is 2.22. The Balaban J connectivity index is 1.49. The summed E-state index contributed by atoms with van der Waals surface area (Å²) in [5, 5.41) is 9.91. The zero-order valence-corrected chi connectivity index (χ0v) is 16.8. The highest BCUT2D eigenvalue weighted by atomic mass is 32.1. The van der Waals surface area contributed by atoms with Gasteiger partial charge in [-0.1, -0.05) is 0 Å². The maximum absolute atomic E-state index is 12.6. The molecule has 0 aliphatic carbocycles. The number of anilines is 1. The minimum absolute atomic E-state index is 0.121. The molecule has 140 valence electrons. The van der Waals surface area contributed by atoms with Crippen LogP contribution in [0, 0.1) is 0 Å². The molecule has 7 heteroatoms. The third-order valence-electron chi connectivity index (χ3n) is 4.23. The number of amides is 1. The van der Waals surface area contributed by atoms with E-state index in [1.807, 2.05) is 42.8 Å². The van der Waals surface area contributed by atoms with Gasteiger partial charge in [-0.15, -0.1) is 11.3 Å². The quantitative estimate of drug-likeness (QED) is 0.647. The predicted octanol–water partition coefficient (Wildman–Crippen LogP) is 4.77. The first kappa shape index (κ1) is 18.0. The van der Waals surface area contributed by atoms with Crippen LogP contribution in [0.5, 0.6) is 11.5 Å². The molecular formula is C20H20N2O3S2. The SMILES string of the molecule is CCOc1cc2c(cc1NC(=O)Cc1csc(-c3ccsc3)n1)O[C@@H](C)C2. The van der Waals surface area contributed by atoms with Crippen LogP contribution in [-0.2, 0) is 17.6 Å². The molecular weight excluding hydrogens is 380 g/mol. The Bertz CT molecular complexity index is 950. The van der Waals surface area contributed by atoms with Crippen molar-refractivity contribution in [3.63, 3.8) is 0 Å². The van der Waals surface area contributed by atoms with Crippen LogP contribution in [0.2, 0.25) is 0 Å². The lowest BCUT2D eigenvalue weighted by molar-refractivity contribution is -0.115. The largest absolute Gasteiger partial charge is 0.492 e. The fraction of sp³-hybridized carbons (Fsp3) is 0.300. The van der Waals surface area contributed by atoms with E-state index in [0.29, 0.717) is 18.0 Å². The monoisotopic (exact) mass is 400 g/mol. The van der Waals surface area contributed by atoms with Gasteiger partial charge in [0.1, 0.15) is 22.6 Å². The first-order valence-corrected chi connectivity index (χ1v) is 10.7. The summed E-state index contributed by atoms with van der Waals surface area (Å²) in [7, 11) is 0. The minimum atomic E-state index is -0.121. The first-order valence-electron chi connectivity index (χ1n) is 8.85. The Morgan fingerprint density at radius 1 is 1.41 bits per heavy atom. The van der Waals surface area contributed by atoms with Crippen molar-refractivity contribution in [1.82, 2.24) is 4.98 Å². The second-order valence-corrected chi connectivity index (χ2v) is 8.04. The molecule has 0 unspecified atom stereocenters. The van der Waals surface area contributed by atoms with Crippen molar-refractivity contribution in [2.24, 2.45) is 0 Å². The van der Waals surface area contributed by atoms with E-state index in [1.165, 1.54) is 0 Å². The number of nitrogens with one attached hydrogen (secondary N) is 1. The first-order chi connectivity index (χ1) is 13.1. The molecule has 1 amide bonds. The molecule has 27 heavy (non-hydrogen) atoms. The van der Waals surface area contributed by atoms with Crippen molar-refractivity contribution in [1.29, 1.82) is 0 Å². The van der Waals surface area contributed by atoms with Crippen LogP contribution in [0.15, 0.2) is 34.3 Å². The van der Waals surface area contributed by atoms with Gasteiger partial charge in [0.2, 0.25) is 5.91 Å². The Hall–Kier alpha value is -2.38. The number of carbonyl (C=O) groups excluding carboxylic acids is 1. The molecule has 4 rings (SSSR count). The third-order valence-corrected chi connectivity index (χ3v) is 5.86. The Labute approximate surface area is 166 Å². The Morgan fingerprint density at radius 3 is 3.07 bits per heavy atom. The molecule has 0 fully saturated rings. The van der Waals surface area contributed by atoms with Crippen molar-refractivity contribution < 1.29 is 14.3 Å². The molecule has 0 spiro atoms. The predicted molar refractivity (Wildman–Crippen MR) is 109 cm³/mol. The molecule has 1 aliphatic heterocycles. The van der Waals surface area contributed by atoms with E-state index >= 15 is 0 Å². The van der Waals surface area contributed by atoms with E-state index in [9.17, 15) is 4.79 Å². The van der Waals surface area contributed by atoms with Crippen LogP contribution in [0.25, 0.3) is 10.6 Å². The number of thiophene rings is 1. The lowest BCUT2D eigenvalue weighted by Crippen LogP contribution is -2.15. The fourth-order valence-electron chi connectivity index (χ4n) is 3.08. The van der Waals surface area contributed by atoms with Gasteiger partial charge < -0.3 is 14.8 Å². The van der Waals surface area contributed by atoms with Crippen LogP contribution >= 0.6 is 22.7 Å². The number of ether oxygens (including phenoxy) is 2. The smallest absolute Gasteiger partial charge is 0.230 e. The average Bonchev–Trinajstić information content (AvgIpc) is 3.35. The van der Waals surface area contributed by atoms with Gasteiger partial charge in [0, 0.05) is 34.4 Å². The topological polar surface area (TPSA) is 60.5 Å². The van der Waals surface area contributed by atoms with Crippen LogP contribution in [0.1, 0.15) is 25.1 Å². The second-order valence-electron chi connectivity index (χ2n) is 6.40. The van der Waals surface area contributed by atoms with Crippen LogP contribution in [0.4, 0.5) is 5.69 Å². The van der Waals surface area contributed by atoms with Crippen LogP contribution in [-0.4, -0.2) is 23.6 Å². The summed E-state index contributed by atoms with van der Waals surface area (Å²) in [5.74, 6) is 1.37. The van der Waals surface area contributed by atoms with Gasteiger partial charge in [-0.25, -0.2) is 4.98 Å². The molecule has 1 aliphatic rings. The molecule has 1 atom stereocenters. The zero-order valence-electron chi connectivity index (χ0n) is 15.2. The lowest BCUT2D eigenvalue weighted by Gasteiger charge is -2.13. The number of nitrogens with zero attached hydrogens (tertiary/aromatic N) is 1. The molecule has 0 bridgehead atoms. The van der Waals surface area contributed by atoms with Gasteiger partial charge in [0.15, 0.2) is 0 Å². The third kappa shape index (κ3) is 3.99. The van der Waals surface area contributed by atoms with Gasteiger partial charge in [0.25, 0.3) is 0 Å². The maximum Gasteiger partial charge on any atom is 0.230 e. The van der Waals surface area contributed by atoms with Crippen molar-refractivity contribution in [3.8, 4) is 22.1 Å². The van der Waals surface area contributed by atoms with Crippen molar-refractivity contribution >= 4 is 34.3 Å². The summed E-state index contributed by atoms with van der Waals surface area (Å²) >= 11 is 3.19. The number of aromatic nitrogens is 1.